The first kappa shape index (κ1) is 17.6. The van der Waals surface area contributed by atoms with Crippen molar-refractivity contribution in [3.8, 4) is 10.6 Å². The van der Waals surface area contributed by atoms with Crippen LogP contribution < -0.4 is 5.32 Å². The van der Waals surface area contributed by atoms with Gasteiger partial charge in [-0.2, -0.15) is 0 Å². The van der Waals surface area contributed by atoms with E-state index in [0.29, 0.717) is 18.8 Å². The van der Waals surface area contributed by atoms with E-state index in [0.717, 1.165) is 36.4 Å². The van der Waals surface area contributed by atoms with Crippen LogP contribution >= 0.6 is 11.3 Å². The number of rotatable bonds is 5. The number of carbonyl (C=O) groups is 2. The SMILES string of the molecule is CCCNC(=O)C1CCN(C(=O)c2csc(-c3ccccc3)n2)CC1. The quantitative estimate of drug-likeness (QED) is 0.894. The van der Waals surface area contributed by atoms with Gasteiger partial charge < -0.3 is 10.2 Å². The Morgan fingerprint density at radius 2 is 1.96 bits per heavy atom. The number of hydrogen-bond acceptors (Lipinski definition) is 4. The molecule has 1 N–H and O–H groups in total. The molecule has 1 aromatic carbocycles. The van der Waals surface area contributed by atoms with Crippen LogP contribution in [0.3, 0.4) is 0 Å². The minimum atomic E-state index is -0.0363. The highest BCUT2D eigenvalue weighted by atomic mass is 32.1. The molecule has 6 heteroatoms. The van der Waals surface area contributed by atoms with Gasteiger partial charge in [-0.05, 0) is 19.3 Å². The van der Waals surface area contributed by atoms with Crippen molar-refractivity contribution in [2.75, 3.05) is 19.6 Å². The van der Waals surface area contributed by atoms with Crippen molar-refractivity contribution in [1.29, 1.82) is 0 Å². The first-order valence-electron chi connectivity index (χ1n) is 8.77. The Kier molecular flexibility index (Phi) is 5.81. The Hall–Kier alpha value is -2.21. The molecule has 0 aliphatic carbocycles. The minimum Gasteiger partial charge on any atom is -0.356 e. The molecule has 0 saturated carbocycles. The zero-order valence-corrected chi connectivity index (χ0v) is 15.2. The highest BCUT2D eigenvalue weighted by molar-refractivity contribution is 7.13. The molecule has 25 heavy (non-hydrogen) atoms. The van der Waals surface area contributed by atoms with Gasteiger partial charge in [-0.3, -0.25) is 9.59 Å². The van der Waals surface area contributed by atoms with Crippen LogP contribution in [-0.2, 0) is 4.79 Å². The van der Waals surface area contributed by atoms with E-state index in [4.69, 9.17) is 0 Å². The summed E-state index contributed by atoms with van der Waals surface area (Å²) in [6, 6.07) is 9.88. The summed E-state index contributed by atoms with van der Waals surface area (Å²) in [5.74, 6) is 0.103. The number of piperidine rings is 1. The van der Waals surface area contributed by atoms with Crippen molar-refractivity contribution in [3.63, 3.8) is 0 Å². The van der Waals surface area contributed by atoms with E-state index >= 15 is 0 Å². The van der Waals surface area contributed by atoms with Crippen LogP contribution in [-0.4, -0.2) is 41.3 Å². The van der Waals surface area contributed by atoms with Crippen molar-refractivity contribution in [2.24, 2.45) is 5.92 Å². The van der Waals surface area contributed by atoms with Gasteiger partial charge in [0.25, 0.3) is 5.91 Å². The van der Waals surface area contributed by atoms with E-state index < -0.39 is 0 Å². The molecule has 2 aromatic rings. The largest absolute Gasteiger partial charge is 0.356 e. The first-order chi connectivity index (χ1) is 12.2. The number of amides is 2. The third-order valence-corrected chi connectivity index (χ3v) is 5.34. The number of nitrogens with zero attached hydrogens (tertiary/aromatic N) is 2. The highest BCUT2D eigenvalue weighted by Crippen LogP contribution is 2.25. The van der Waals surface area contributed by atoms with Crippen molar-refractivity contribution in [1.82, 2.24) is 15.2 Å². The van der Waals surface area contributed by atoms with E-state index in [2.05, 4.69) is 10.3 Å². The second-order valence-electron chi connectivity index (χ2n) is 6.26. The molecule has 1 saturated heterocycles. The predicted octanol–water partition coefficient (Wildman–Crippen LogP) is 3.19. The molecule has 2 amide bonds. The number of thiazole rings is 1. The number of aromatic nitrogens is 1. The molecule has 0 radical (unpaired) electrons. The molecule has 2 heterocycles. The van der Waals surface area contributed by atoms with Crippen LogP contribution in [0.4, 0.5) is 0 Å². The molecule has 1 aliphatic rings. The number of carbonyl (C=O) groups excluding carboxylic acids is 2. The van der Waals surface area contributed by atoms with Gasteiger partial charge in [0.2, 0.25) is 5.91 Å². The molecule has 3 rings (SSSR count). The molecular weight excluding hydrogens is 334 g/mol. The van der Waals surface area contributed by atoms with Crippen LogP contribution in [0.1, 0.15) is 36.7 Å². The summed E-state index contributed by atoms with van der Waals surface area (Å²) in [5, 5.41) is 5.63. The van der Waals surface area contributed by atoms with Crippen molar-refractivity contribution in [2.45, 2.75) is 26.2 Å². The summed E-state index contributed by atoms with van der Waals surface area (Å²) < 4.78 is 0. The van der Waals surface area contributed by atoms with Crippen molar-refractivity contribution < 1.29 is 9.59 Å². The van der Waals surface area contributed by atoms with Crippen molar-refractivity contribution >= 4 is 23.2 Å². The Labute approximate surface area is 152 Å². The molecule has 5 nitrogen and oxygen atoms in total. The third-order valence-electron chi connectivity index (χ3n) is 4.45. The van der Waals surface area contributed by atoms with E-state index in [1.54, 1.807) is 0 Å². The smallest absolute Gasteiger partial charge is 0.273 e. The van der Waals surface area contributed by atoms with E-state index in [1.165, 1.54) is 11.3 Å². The predicted molar refractivity (Wildman–Crippen MR) is 99.5 cm³/mol. The minimum absolute atomic E-state index is 0.0194. The second-order valence-corrected chi connectivity index (χ2v) is 7.12. The molecule has 1 fully saturated rings. The Bertz CT molecular complexity index is 721. The number of hydrogen-bond donors (Lipinski definition) is 1. The van der Waals surface area contributed by atoms with Crippen LogP contribution in [0, 0.1) is 5.92 Å². The average molecular weight is 357 g/mol. The van der Waals surface area contributed by atoms with Gasteiger partial charge in [0, 0.05) is 36.5 Å². The molecule has 1 aliphatic heterocycles. The molecule has 0 atom stereocenters. The number of likely N-dealkylation sites (tertiary alicyclic amines) is 1. The Morgan fingerprint density at radius 3 is 2.64 bits per heavy atom. The maximum atomic E-state index is 12.7. The topological polar surface area (TPSA) is 62.3 Å². The zero-order valence-electron chi connectivity index (χ0n) is 14.4. The summed E-state index contributed by atoms with van der Waals surface area (Å²) >= 11 is 1.49. The lowest BCUT2D eigenvalue weighted by Gasteiger charge is -2.30. The molecule has 0 unspecified atom stereocenters. The zero-order chi connectivity index (χ0) is 17.6. The summed E-state index contributed by atoms with van der Waals surface area (Å²) in [4.78, 5) is 31.0. The van der Waals surface area contributed by atoms with Gasteiger partial charge in [-0.1, -0.05) is 37.3 Å². The summed E-state index contributed by atoms with van der Waals surface area (Å²) in [5.41, 5.74) is 1.52. The fraction of sp³-hybridized carbons (Fsp3) is 0.421. The molecular formula is C19H23N3O2S. The van der Waals surface area contributed by atoms with Gasteiger partial charge in [-0.25, -0.2) is 4.98 Å². The van der Waals surface area contributed by atoms with Gasteiger partial charge in [0.05, 0.1) is 0 Å². The third kappa shape index (κ3) is 4.25. The van der Waals surface area contributed by atoms with Crippen LogP contribution in [0.2, 0.25) is 0 Å². The standard InChI is InChI=1S/C19H23N3O2S/c1-2-10-20-17(23)14-8-11-22(12-9-14)19(24)16-13-25-18(21-16)15-6-4-3-5-7-15/h3-7,13-14H,2,8-12H2,1H3,(H,20,23). The van der Waals surface area contributed by atoms with Gasteiger partial charge >= 0.3 is 0 Å². The van der Waals surface area contributed by atoms with Gasteiger partial charge in [0.15, 0.2) is 0 Å². The normalized spacial score (nSPS) is 15.2. The maximum Gasteiger partial charge on any atom is 0.273 e. The first-order valence-corrected chi connectivity index (χ1v) is 9.65. The number of benzene rings is 1. The second kappa shape index (κ2) is 8.25. The summed E-state index contributed by atoms with van der Waals surface area (Å²) in [6.45, 7) is 3.99. The maximum absolute atomic E-state index is 12.7. The Morgan fingerprint density at radius 1 is 1.24 bits per heavy atom. The van der Waals surface area contributed by atoms with Gasteiger partial charge in [-0.15, -0.1) is 11.3 Å². The number of nitrogens with one attached hydrogen (secondary N) is 1. The molecule has 132 valence electrons. The lowest BCUT2D eigenvalue weighted by Crippen LogP contribution is -2.43. The van der Waals surface area contributed by atoms with Crippen molar-refractivity contribution in [3.05, 3.63) is 41.4 Å². The van der Waals surface area contributed by atoms with E-state index in [-0.39, 0.29) is 17.7 Å². The highest BCUT2D eigenvalue weighted by Gasteiger charge is 2.28. The van der Waals surface area contributed by atoms with Gasteiger partial charge in [0.1, 0.15) is 10.7 Å². The fourth-order valence-corrected chi connectivity index (χ4v) is 3.78. The lowest BCUT2D eigenvalue weighted by atomic mass is 9.95. The lowest BCUT2D eigenvalue weighted by molar-refractivity contribution is -0.126. The summed E-state index contributed by atoms with van der Waals surface area (Å²) in [7, 11) is 0. The Balaban J connectivity index is 1.58. The van der Waals surface area contributed by atoms with Crippen LogP contribution in [0.25, 0.3) is 10.6 Å². The van der Waals surface area contributed by atoms with Crippen LogP contribution in [0.5, 0.6) is 0 Å². The molecule has 1 aromatic heterocycles. The fourth-order valence-electron chi connectivity index (χ4n) is 2.98. The molecule has 0 bridgehead atoms. The average Bonchev–Trinajstić information content (AvgIpc) is 3.16. The van der Waals surface area contributed by atoms with E-state index in [1.807, 2.05) is 47.5 Å². The monoisotopic (exact) mass is 357 g/mol. The van der Waals surface area contributed by atoms with Crippen LogP contribution in [0.15, 0.2) is 35.7 Å². The molecule has 0 spiro atoms. The summed E-state index contributed by atoms with van der Waals surface area (Å²) in [6.07, 6.45) is 2.38. The van der Waals surface area contributed by atoms with E-state index in [9.17, 15) is 9.59 Å².